The van der Waals surface area contributed by atoms with Crippen molar-refractivity contribution in [1.29, 1.82) is 0 Å². The Balaban J connectivity index is 1.03. The number of likely N-dealkylation sites (N-methyl/N-ethyl adjacent to an activating group) is 1. The molecule has 0 aromatic carbocycles. The smallest absolute Gasteiger partial charge is 0.274 e. The molecule has 5 aliphatic carbocycles. The molecule has 9 nitrogen and oxygen atoms in total. The van der Waals surface area contributed by atoms with Gasteiger partial charge >= 0.3 is 0 Å². The van der Waals surface area contributed by atoms with Crippen LogP contribution in [-0.4, -0.2) is 105 Å². The second kappa shape index (κ2) is 10.3. The minimum absolute atomic E-state index is 0.0181. The first-order valence-corrected chi connectivity index (χ1v) is 18.1. The Kier molecular flexibility index (Phi) is 7.23. The van der Waals surface area contributed by atoms with E-state index >= 15 is 0 Å². The maximum absolute atomic E-state index is 13.1. The lowest BCUT2D eigenvalue weighted by Gasteiger charge is -2.64. The summed E-state index contributed by atoms with van der Waals surface area (Å²) in [4.78, 5) is 20.8. The highest BCUT2D eigenvalue weighted by Crippen LogP contribution is 2.89. The Morgan fingerprint density at radius 2 is 1.76 bits per heavy atom. The fourth-order valence-electron chi connectivity index (χ4n) is 13.6. The molecular formula is C36H58N2O7. The van der Waals surface area contributed by atoms with Crippen molar-refractivity contribution in [3.63, 3.8) is 0 Å². The number of morpholine rings is 1. The van der Waals surface area contributed by atoms with Crippen LogP contribution in [0.15, 0.2) is 0 Å². The highest BCUT2D eigenvalue weighted by Gasteiger charge is 2.84. The molecular weight excluding hydrogens is 572 g/mol. The standard InChI is InChI=1S/C36H58N2O7/c1-21-16-23(31(40)37(6)41-7)44-29-28(21)33(4)12-13-36-20-35(36)11-10-26(45-27-17-38(14-15-43-27)22-18-42-19-22)32(2,3)24(35)8-9-25(36)34(33,5)30(29)39/h21-30,39H,8-20H2,1-7H3/t21?,23?,24-,25-,26?,27-,28?,29?,30-,33+,34+,35+,36?/m0/s1. The molecule has 3 heterocycles. The molecule has 0 aromatic heterocycles. The lowest BCUT2D eigenvalue weighted by atomic mass is 9.41. The third-order valence-corrected chi connectivity index (χ3v) is 16.1. The van der Waals surface area contributed by atoms with E-state index in [4.69, 9.17) is 23.8 Å². The summed E-state index contributed by atoms with van der Waals surface area (Å²) in [5.74, 6) is 1.49. The summed E-state index contributed by atoms with van der Waals surface area (Å²) in [5.41, 5.74) is 0.441. The third kappa shape index (κ3) is 4.01. The molecule has 8 aliphatic rings. The van der Waals surface area contributed by atoms with Gasteiger partial charge in [0.15, 0.2) is 6.29 Å². The molecule has 1 N–H and O–H groups in total. The number of ether oxygens (including phenoxy) is 4. The largest absolute Gasteiger partial charge is 0.390 e. The van der Waals surface area contributed by atoms with Gasteiger partial charge in [0, 0.05) is 19.0 Å². The fourth-order valence-corrected chi connectivity index (χ4v) is 13.6. The zero-order valence-corrected chi connectivity index (χ0v) is 28.8. The zero-order chi connectivity index (χ0) is 31.7. The van der Waals surface area contributed by atoms with Crippen molar-refractivity contribution in [3.8, 4) is 0 Å². The summed E-state index contributed by atoms with van der Waals surface area (Å²) in [6, 6.07) is 0.517. The monoisotopic (exact) mass is 630 g/mol. The molecule has 3 aliphatic heterocycles. The van der Waals surface area contributed by atoms with Gasteiger partial charge in [-0.1, -0.05) is 34.6 Å². The number of hydrogen-bond acceptors (Lipinski definition) is 8. The van der Waals surface area contributed by atoms with Crippen LogP contribution in [0.4, 0.5) is 0 Å². The molecule has 45 heavy (non-hydrogen) atoms. The number of carbonyl (C=O) groups excluding carboxylic acids is 1. The van der Waals surface area contributed by atoms with Gasteiger partial charge in [0.05, 0.1) is 57.8 Å². The third-order valence-electron chi connectivity index (χ3n) is 16.1. The van der Waals surface area contributed by atoms with Gasteiger partial charge in [-0.25, -0.2) is 5.06 Å². The van der Waals surface area contributed by atoms with Crippen molar-refractivity contribution in [2.45, 2.75) is 123 Å². The van der Waals surface area contributed by atoms with Crippen molar-refractivity contribution < 1.29 is 33.7 Å². The molecule has 0 aromatic rings. The number of fused-ring (bicyclic) bond motifs is 4. The predicted octanol–water partition coefficient (Wildman–Crippen LogP) is 4.26. The molecule has 3 saturated heterocycles. The Bertz CT molecular complexity index is 1200. The maximum Gasteiger partial charge on any atom is 0.274 e. The first-order chi connectivity index (χ1) is 21.3. The average molecular weight is 631 g/mol. The maximum atomic E-state index is 13.1. The zero-order valence-electron chi connectivity index (χ0n) is 28.8. The van der Waals surface area contributed by atoms with Gasteiger partial charge < -0.3 is 24.1 Å². The molecule has 6 unspecified atom stereocenters. The van der Waals surface area contributed by atoms with Gasteiger partial charge in [0.25, 0.3) is 5.91 Å². The van der Waals surface area contributed by atoms with Gasteiger partial charge in [0.2, 0.25) is 0 Å². The van der Waals surface area contributed by atoms with Crippen molar-refractivity contribution >= 4 is 5.91 Å². The summed E-state index contributed by atoms with van der Waals surface area (Å²) in [5, 5.41) is 13.7. The Morgan fingerprint density at radius 1 is 1.02 bits per heavy atom. The van der Waals surface area contributed by atoms with E-state index in [9.17, 15) is 9.90 Å². The molecule has 0 radical (unpaired) electrons. The summed E-state index contributed by atoms with van der Waals surface area (Å²) in [7, 11) is 3.16. The van der Waals surface area contributed by atoms with E-state index in [1.54, 1.807) is 7.05 Å². The molecule has 0 bridgehead atoms. The molecule has 5 saturated carbocycles. The van der Waals surface area contributed by atoms with E-state index < -0.39 is 12.2 Å². The number of aliphatic hydroxyl groups excluding tert-OH is 1. The molecule has 13 atom stereocenters. The van der Waals surface area contributed by atoms with Crippen LogP contribution in [-0.2, 0) is 28.6 Å². The van der Waals surface area contributed by atoms with Gasteiger partial charge in [-0.05, 0) is 96.7 Å². The lowest BCUT2D eigenvalue weighted by molar-refractivity contribution is -0.256. The van der Waals surface area contributed by atoms with Crippen LogP contribution in [0.2, 0.25) is 0 Å². The molecule has 2 spiro atoms. The summed E-state index contributed by atoms with van der Waals surface area (Å²) < 4.78 is 25.2. The fraction of sp³-hybridized carbons (Fsp3) is 0.972. The highest BCUT2D eigenvalue weighted by atomic mass is 16.7. The SMILES string of the molecule is CON(C)C(=O)C1CC(C)C2C(O1)[C@H](O)[C@@]1(C)[C@@H]3CC[C@H]4C(C)(C)C(O[C@H]5CN(C6COC6)CCO5)CC[C@@]45CC35CC[C@]21C. The van der Waals surface area contributed by atoms with Crippen LogP contribution in [0.25, 0.3) is 0 Å². The number of hydroxylamine groups is 2. The topological polar surface area (TPSA) is 89.9 Å². The number of amides is 1. The van der Waals surface area contributed by atoms with Crippen LogP contribution >= 0.6 is 0 Å². The summed E-state index contributed by atoms with van der Waals surface area (Å²) >= 11 is 0. The Hall–Kier alpha value is -0.810. The second-order valence-corrected chi connectivity index (χ2v) is 17.6. The van der Waals surface area contributed by atoms with Crippen LogP contribution < -0.4 is 0 Å². The van der Waals surface area contributed by atoms with Gasteiger partial charge in [-0.3, -0.25) is 14.5 Å². The van der Waals surface area contributed by atoms with E-state index in [-0.39, 0.29) is 52.0 Å². The molecule has 1 amide bonds. The van der Waals surface area contributed by atoms with E-state index in [0.29, 0.717) is 35.6 Å². The molecule has 254 valence electrons. The van der Waals surface area contributed by atoms with Gasteiger partial charge in [-0.15, -0.1) is 0 Å². The molecule has 8 rings (SSSR count). The quantitative estimate of drug-likeness (QED) is 0.451. The first kappa shape index (κ1) is 31.5. The van der Waals surface area contributed by atoms with Crippen LogP contribution in [0.3, 0.4) is 0 Å². The number of hydrogen-bond donors (Lipinski definition) is 1. The van der Waals surface area contributed by atoms with Crippen LogP contribution in [0, 0.1) is 50.7 Å². The highest BCUT2D eigenvalue weighted by molar-refractivity contribution is 5.79. The number of carbonyl (C=O) groups is 1. The normalized spacial score (nSPS) is 53.6. The average Bonchev–Trinajstić information content (AvgIpc) is 3.62. The Labute approximate surface area is 269 Å². The van der Waals surface area contributed by atoms with Crippen molar-refractivity contribution in [1.82, 2.24) is 9.96 Å². The second-order valence-electron chi connectivity index (χ2n) is 17.6. The van der Waals surface area contributed by atoms with Gasteiger partial charge in [-0.2, -0.15) is 0 Å². The van der Waals surface area contributed by atoms with E-state index in [1.807, 2.05) is 0 Å². The summed E-state index contributed by atoms with van der Waals surface area (Å²) in [6.07, 6.45) is 7.61. The number of rotatable bonds is 5. The van der Waals surface area contributed by atoms with Crippen molar-refractivity contribution in [3.05, 3.63) is 0 Å². The minimum atomic E-state index is -0.574. The van der Waals surface area contributed by atoms with E-state index in [1.165, 1.54) is 37.9 Å². The predicted molar refractivity (Wildman–Crippen MR) is 167 cm³/mol. The number of aliphatic hydroxyl groups is 1. The molecule has 8 fully saturated rings. The van der Waals surface area contributed by atoms with Crippen molar-refractivity contribution in [2.24, 2.45) is 50.7 Å². The van der Waals surface area contributed by atoms with Crippen LogP contribution in [0.1, 0.15) is 86.0 Å². The van der Waals surface area contributed by atoms with Crippen molar-refractivity contribution in [2.75, 3.05) is 47.1 Å². The van der Waals surface area contributed by atoms with E-state index in [0.717, 1.165) is 52.2 Å². The lowest BCUT2D eigenvalue weighted by Crippen LogP contribution is -2.60. The molecule has 9 heteroatoms. The van der Waals surface area contributed by atoms with Crippen LogP contribution in [0.5, 0.6) is 0 Å². The minimum Gasteiger partial charge on any atom is -0.390 e. The van der Waals surface area contributed by atoms with E-state index in [2.05, 4.69) is 39.5 Å². The van der Waals surface area contributed by atoms with Gasteiger partial charge in [0.1, 0.15) is 6.10 Å². The summed E-state index contributed by atoms with van der Waals surface area (Å²) in [6.45, 7) is 16.3. The Morgan fingerprint density at radius 3 is 2.47 bits per heavy atom. The number of nitrogens with zero attached hydrogens (tertiary/aromatic N) is 2. The first-order valence-electron chi connectivity index (χ1n) is 18.1.